The van der Waals surface area contributed by atoms with Gasteiger partial charge in [-0.25, -0.2) is 4.98 Å². The van der Waals surface area contributed by atoms with Crippen molar-refractivity contribution in [3.63, 3.8) is 0 Å². The molecule has 0 amide bonds. The van der Waals surface area contributed by atoms with Crippen molar-refractivity contribution >= 4 is 29.1 Å². The van der Waals surface area contributed by atoms with E-state index in [4.69, 9.17) is 5.73 Å². The molecule has 1 heterocycles. The summed E-state index contributed by atoms with van der Waals surface area (Å²) in [5, 5.41) is 9.27. The van der Waals surface area contributed by atoms with Gasteiger partial charge in [-0.1, -0.05) is 30.3 Å². The molecule has 5 heteroatoms. The molecule has 0 saturated heterocycles. The van der Waals surface area contributed by atoms with Gasteiger partial charge in [0.25, 0.3) is 0 Å². The van der Waals surface area contributed by atoms with E-state index >= 15 is 0 Å². The lowest BCUT2D eigenvalue weighted by Crippen LogP contribution is -2.07. The van der Waals surface area contributed by atoms with Crippen molar-refractivity contribution < 1.29 is 5.11 Å². The van der Waals surface area contributed by atoms with Crippen LogP contribution in [0.2, 0.25) is 0 Å². The topological polar surface area (TPSA) is 64.1 Å². The van der Waals surface area contributed by atoms with E-state index in [1.54, 1.807) is 0 Å². The third-order valence-electron chi connectivity index (χ3n) is 3.38. The van der Waals surface area contributed by atoms with Crippen LogP contribution in [0.4, 0.5) is 5.69 Å². The Morgan fingerprint density at radius 3 is 2.57 bits per heavy atom. The summed E-state index contributed by atoms with van der Waals surface area (Å²) >= 11 is 0. The van der Waals surface area contributed by atoms with Gasteiger partial charge in [0.05, 0.1) is 17.6 Å². The van der Waals surface area contributed by atoms with E-state index in [2.05, 4.69) is 21.7 Å². The predicted octanol–water partition coefficient (Wildman–Crippen LogP) is 2.62. The van der Waals surface area contributed by atoms with Crippen LogP contribution in [0.1, 0.15) is 11.4 Å². The lowest BCUT2D eigenvalue weighted by molar-refractivity contribution is 0.276. The van der Waals surface area contributed by atoms with Crippen LogP contribution in [0.15, 0.2) is 48.5 Å². The van der Waals surface area contributed by atoms with Gasteiger partial charge in [-0.2, -0.15) is 0 Å². The number of fused-ring (bicyclic) bond motifs is 1. The van der Waals surface area contributed by atoms with Crippen molar-refractivity contribution in [3.05, 3.63) is 59.9 Å². The average molecular weight is 304 g/mol. The fourth-order valence-corrected chi connectivity index (χ4v) is 2.46. The zero-order valence-corrected chi connectivity index (χ0v) is 12.4. The van der Waals surface area contributed by atoms with E-state index in [9.17, 15) is 5.11 Å². The Labute approximate surface area is 129 Å². The third-order valence-corrected chi connectivity index (χ3v) is 3.38. The maximum Gasteiger partial charge on any atom is 0.114 e. The maximum atomic E-state index is 9.27. The van der Waals surface area contributed by atoms with Gasteiger partial charge in [0.1, 0.15) is 5.82 Å². The summed E-state index contributed by atoms with van der Waals surface area (Å²) in [7, 11) is 0. The number of anilines is 1. The zero-order chi connectivity index (χ0) is 13.9. The number of nitrogens with zero attached hydrogens (tertiary/aromatic N) is 2. The van der Waals surface area contributed by atoms with Crippen LogP contribution in [-0.2, 0) is 13.0 Å². The molecule has 3 aromatic rings. The third kappa shape index (κ3) is 3.17. The number of hydrogen-bond acceptors (Lipinski definition) is 3. The molecule has 1 aromatic heterocycles. The summed E-state index contributed by atoms with van der Waals surface area (Å²) in [6.45, 7) is 0.639. The molecule has 4 nitrogen and oxygen atoms in total. The second kappa shape index (κ2) is 6.61. The first-order valence-electron chi connectivity index (χ1n) is 6.67. The molecule has 21 heavy (non-hydrogen) atoms. The van der Waals surface area contributed by atoms with Crippen LogP contribution in [0.3, 0.4) is 0 Å². The van der Waals surface area contributed by atoms with Gasteiger partial charge >= 0.3 is 0 Å². The van der Waals surface area contributed by atoms with E-state index in [0.29, 0.717) is 12.2 Å². The Bertz CT molecular complexity index is 725. The highest BCUT2D eigenvalue weighted by molar-refractivity contribution is 5.85. The minimum atomic E-state index is 0. The first-order valence-corrected chi connectivity index (χ1v) is 6.67. The van der Waals surface area contributed by atoms with Gasteiger partial charge in [-0.05, 0) is 23.8 Å². The van der Waals surface area contributed by atoms with E-state index in [0.717, 1.165) is 23.3 Å². The number of aliphatic hydroxyl groups is 1. The normalized spacial score (nSPS) is 10.5. The van der Waals surface area contributed by atoms with Crippen LogP contribution >= 0.6 is 12.4 Å². The molecule has 110 valence electrons. The van der Waals surface area contributed by atoms with Crippen molar-refractivity contribution in [2.45, 2.75) is 13.0 Å². The molecule has 0 bridgehead atoms. The Balaban J connectivity index is 0.00000161. The second-order valence-electron chi connectivity index (χ2n) is 4.81. The summed E-state index contributed by atoms with van der Waals surface area (Å²) in [4.78, 5) is 4.66. The Morgan fingerprint density at radius 1 is 1.10 bits per heavy atom. The van der Waals surface area contributed by atoms with Crippen molar-refractivity contribution in [1.82, 2.24) is 9.55 Å². The number of nitrogens with two attached hydrogens (primary N) is 1. The molecule has 0 saturated carbocycles. The first kappa shape index (κ1) is 15.4. The highest BCUT2D eigenvalue weighted by atomic mass is 35.5. The quantitative estimate of drug-likeness (QED) is 0.728. The van der Waals surface area contributed by atoms with Gasteiger partial charge in [-0.15, -0.1) is 12.4 Å². The largest absolute Gasteiger partial charge is 0.399 e. The number of nitrogen functional groups attached to an aromatic ring is 1. The Hall–Kier alpha value is -2.04. The molecule has 0 radical (unpaired) electrons. The SMILES string of the molecule is Cl.Nc1ccc2c(c1)nc(Cc1ccccc1)n2CCO. The second-order valence-corrected chi connectivity index (χ2v) is 4.81. The maximum absolute atomic E-state index is 9.27. The number of aromatic nitrogens is 2. The molecule has 3 rings (SSSR count). The smallest absolute Gasteiger partial charge is 0.114 e. The molecule has 0 spiro atoms. The van der Waals surface area contributed by atoms with Crippen molar-refractivity contribution in [2.24, 2.45) is 0 Å². The summed E-state index contributed by atoms with van der Waals surface area (Å²) < 4.78 is 2.06. The fourth-order valence-electron chi connectivity index (χ4n) is 2.46. The number of halogens is 1. The number of imidazole rings is 1. The van der Waals surface area contributed by atoms with Gasteiger partial charge < -0.3 is 15.4 Å². The lowest BCUT2D eigenvalue weighted by atomic mass is 10.1. The van der Waals surface area contributed by atoms with Gasteiger partial charge in [0.2, 0.25) is 0 Å². The zero-order valence-electron chi connectivity index (χ0n) is 11.6. The van der Waals surface area contributed by atoms with Crippen molar-refractivity contribution in [3.8, 4) is 0 Å². The van der Waals surface area contributed by atoms with Gasteiger partial charge in [0.15, 0.2) is 0 Å². The minimum Gasteiger partial charge on any atom is -0.399 e. The number of benzene rings is 2. The number of aliphatic hydroxyl groups excluding tert-OH is 1. The molecule has 0 aliphatic rings. The molecule has 3 N–H and O–H groups in total. The summed E-state index contributed by atoms with van der Waals surface area (Å²) in [6, 6.07) is 15.9. The number of rotatable bonds is 4. The molecule has 0 fully saturated rings. The predicted molar refractivity (Wildman–Crippen MR) is 87.7 cm³/mol. The molecular formula is C16H18ClN3O. The Morgan fingerprint density at radius 2 is 1.86 bits per heavy atom. The van der Waals surface area contributed by atoms with Crippen LogP contribution in [0.25, 0.3) is 11.0 Å². The minimum absolute atomic E-state index is 0. The van der Waals surface area contributed by atoms with E-state index in [1.165, 1.54) is 5.56 Å². The fraction of sp³-hybridized carbons (Fsp3) is 0.188. The first-order chi connectivity index (χ1) is 9.78. The Kier molecular flexibility index (Phi) is 4.83. The van der Waals surface area contributed by atoms with E-state index in [-0.39, 0.29) is 19.0 Å². The standard InChI is InChI=1S/C16H17N3O.ClH/c17-13-6-7-15-14(11-13)18-16(19(15)8-9-20)10-12-4-2-1-3-5-12;/h1-7,11,20H,8-10,17H2;1H. The van der Waals surface area contributed by atoms with Crippen LogP contribution in [0, 0.1) is 0 Å². The molecular weight excluding hydrogens is 286 g/mol. The average Bonchev–Trinajstić information content (AvgIpc) is 2.77. The summed E-state index contributed by atoms with van der Waals surface area (Å²) in [5.74, 6) is 0.950. The molecule has 0 unspecified atom stereocenters. The monoisotopic (exact) mass is 303 g/mol. The van der Waals surface area contributed by atoms with Crippen LogP contribution in [-0.4, -0.2) is 21.3 Å². The van der Waals surface area contributed by atoms with Crippen LogP contribution < -0.4 is 5.73 Å². The van der Waals surface area contributed by atoms with Gasteiger partial charge in [-0.3, -0.25) is 0 Å². The number of hydrogen-bond donors (Lipinski definition) is 2. The lowest BCUT2D eigenvalue weighted by Gasteiger charge is -2.07. The van der Waals surface area contributed by atoms with Gasteiger partial charge in [0, 0.05) is 18.7 Å². The van der Waals surface area contributed by atoms with E-state index < -0.39 is 0 Å². The highest BCUT2D eigenvalue weighted by Crippen LogP contribution is 2.20. The summed E-state index contributed by atoms with van der Waals surface area (Å²) in [6.07, 6.45) is 0.745. The molecule has 2 aromatic carbocycles. The van der Waals surface area contributed by atoms with Crippen molar-refractivity contribution in [1.29, 1.82) is 0 Å². The molecule has 0 aliphatic heterocycles. The van der Waals surface area contributed by atoms with E-state index in [1.807, 2.05) is 36.4 Å². The highest BCUT2D eigenvalue weighted by Gasteiger charge is 2.11. The summed E-state index contributed by atoms with van der Waals surface area (Å²) in [5.41, 5.74) is 9.61. The van der Waals surface area contributed by atoms with Crippen LogP contribution in [0.5, 0.6) is 0 Å². The molecule has 0 atom stereocenters. The molecule has 0 aliphatic carbocycles. The van der Waals surface area contributed by atoms with Crippen molar-refractivity contribution in [2.75, 3.05) is 12.3 Å².